The topological polar surface area (TPSA) is 60.2 Å². The van der Waals surface area contributed by atoms with Crippen LogP contribution in [0, 0.1) is 0 Å². The zero-order valence-corrected chi connectivity index (χ0v) is 9.38. The Morgan fingerprint density at radius 3 is 2.82 bits per heavy atom. The normalized spacial score (nSPS) is 11.8. The number of ether oxygens (including phenoxy) is 1. The van der Waals surface area contributed by atoms with Gasteiger partial charge in [-0.15, -0.1) is 0 Å². The van der Waals surface area contributed by atoms with Crippen LogP contribution < -0.4 is 5.32 Å². The fourth-order valence-corrected chi connectivity index (χ4v) is 1.01. The number of alkyl halides is 3. The lowest BCUT2D eigenvalue weighted by molar-refractivity contribution is -0.173. The van der Waals surface area contributed by atoms with Gasteiger partial charge in [0.05, 0.1) is 6.61 Å². The Labute approximate surface area is 96.3 Å². The molecule has 1 rings (SSSR count). The zero-order chi connectivity index (χ0) is 12.7. The molecule has 1 N–H and O–H groups in total. The Bertz CT molecular complexity index is 328. The number of nitrogens with zero attached hydrogens (tertiary/aromatic N) is 2. The maximum atomic E-state index is 11.7. The SMILES string of the molecule is CCCNc1nc(CCOCC(F)(F)F)no1. The molecule has 0 unspecified atom stereocenters. The number of rotatable bonds is 7. The first-order chi connectivity index (χ1) is 8.01. The van der Waals surface area contributed by atoms with Crippen molar-refractivity contribution in [2.75, 3.05) is 25.1 Å². The first kappa shape index (κ1) is 13.8. The van der Waals surface area contributed by atoms with Crippen molar-refractivity contribution in [1.82, 2.24) is 10.1 Å². The van der Waals surface area contributed by atoms with Crippen LogP contribution in [-0.2, 0) is 11.2 Å². The summed E-state index contributed by atoms with van der Waals surface area (Å²) in [5, 5.41) is 6.46. The Kier molecular flexibility index (Phi) is 5.20. The maximum absolute atomic E-state index is 11.7. The Morgan fingerprint density at radius 2 is 2.18 bits per heavy atom. The van der Waals surface area contributed by atoms with E-state index >= 15 is 0 Å². The molecule has 5 nitrogen and oxygen atoms in total. The molecule has 0 aliphatic heterocycles. The third kappa shape index (κ3) is 6.10. The molecule has 17 heavy (non-hydrogen) atoms. The van der Waals surface area contributed by atoms with Crippen molar-refractivity contribution in [2.45, 2.75) is 25.9 Å². The summed E-state index contributed by atoms with van der Waals surface area (Å²) in [6.07, 6.45) is -3.20. The lowest BCUT2D eigenvalue weighted by atomic mass is 10.4. The van der Waals surface area contributed by atoms with Crippen LogP contribution in [0.25, 0.3) is 0 Å². The highest BCUT2D eigenvalue weighted by molar-refractivity contribution is 5.17. The van der Waals surface area contributed by atoms with Gasteiger partial charge in [0.25, 0.3) is 0 Å². The number of aromatic nitrogens is 2. The molecule has 0 aliphatic rings. The molecular weight excluding hydrogens is 239 g/mol. The molecule has 0 fully saturated rings. The van der Waals surface area contributed by atoms with Gasteiger partial charge in [0.1, 0.15) is 6.61 Å². The van der Waals surface area contributed by atoms with Gasteiger partial charge in [0, 0.05) is 13.0 Å². The van der Waals surface area contributed by atoms with Gasteiger partial charge in [-0.1, -0.05) is 12.1 Å². The van der Waals surface area contributed by atoms with Crippen LogP contribution >= 0.6 is 0 Å². The van der Waals surface area contributed by atoms with Crippen LogP contribution in [0.4, 0.5) is 19.2 Å². The van der Waals surface area contributed by atoms with E-state index in [1.807, 2.05) is 6.92 Å². The summed E-state index contributed by atoms with van der Waals surface area (Å²) in [5.41, 5.74) is 0. The van der Waals surface area contributed by atoms with Gasteiger partial charge in [0.2, 0.25) is 0 Å². The van der Waals surface area contributed by atoms with E-state index in [9.17, 15) is 13.2 Å². The van der Waals surface area contributed by atoms with Gasteiger partial charge in [0.15, 0.2) is 5.82 Å². The third-order valence-corrected chi connectivity index (χ3v) is 1.73. The first-order valence-electron chi connectivity index (χ1n) is 5.22. The lowest BCUT2D eigenvalue weighted by Gasteiger charge is -2.05. The second-order valence-electron chi connectivity index (χ2n) is 3.36. The molecule has 98 valence electrons. The van der Waals surface area contributed by atoms with Crippen LogP contribution in [0.2, 0.25) is 0 Å². The van der Waals surface area contributed by atoms with Crippen LogP contribution in [0.5, 0.6) is 0 Å². The van der Waals surface area contributed by atoms with Gasteiger partial charge in [-0.05, 0) is 6.42 Å². The van der Waals surface area contributed by atoms with Gasteiger partial charge < -0.3 is 14.6 Å². The number of halogens is 3. The third-order valence-electron chi connectivity index (χ3n) is 1.73. The van der Waals surface area contributed by atoms with Crippen molar-refractivity contribution in [3.63, 3.8) is 0 Å². The van der Waals surface area contributed by atoms with Crippen molar-refractivity contribution < 1.29 is 22.4 Å². The van der Waals surface area contributed by atoms with Crippen LogP contribution in [0.3, 0.4) is 0 Å². The van der Waals surface area contributed by atoms with Gasteiger partial charge >= 0.3 is 12.2 Å². The van der Waals surface area contributed by atoms with Crippen molar-refractivity contribution >= 4 is 6.01 Å². The highest BCUT2D eigenvalue weighted by Gasteiger charge is 2.27. The van der Waals surface area contributed by atoms with E-state index in [1.165, 1.54) is 0 Å². The monoisotopic (exact) mass is 253 g/mol. The largest absolute Gasteiger partial charge is 0.411 e. The quantitative estimate of drug-likeness (QED) is 0.753. The van der Waals surface area contributed by atoms with E-state index in [-0.39, 0.29) is 19.0 Å². The van der Waals surface area contributed by atoms with Gasteiger partial charge in [-0.3, -0.25) is 0 Å². The predicted octanol–water partition coefficient (Wildman–Crippen LogP) is 2.01. The fraction of sp³-hybridized carbons (Fsp3) is 0.778. The first-order valence-corrected chi connectivity index (χ1v) is 5.22. The molecule has 0 radical (unpaired) electrons. The molecule has 1 heterocycles. The molecule has 1 aromatic heterocycles. The molecule has 8 heteroatoms. The number of hydrogen-bond acceptors (Lipinski definition) is 5. The number of hydrogen-bond donors (Lipinski definition) is 1. The molecule has 0 aliphatic carbocycles. The summed E-state index contributed by atoms with van der Waals surface area (Å²) in [6, 6.07) is 0.276. The second-order valence-corrected chi connectivity index (χ2v) is 3.36. The summed E-state index contributed by atoms with van der Waals surface area (Å²) in [5.74, 6) is 0.325. The van der Waals surface area contributed by atoms with E-state index in [0.29, 0.717) is 12.4 Å². The number of anilines is 1. The molecule has 0 saturated heterocycles. The number of nitrogens with one attached hydrogen (secondary N) is 1. The zero-order valence-electron chi connectivity index (χ0n) is 9.38. The molecular formula is C9H14F3N3O2. The molecule has 1 aromatic rings. The molecule has 0 amide bonds. The molecule has 0 bridgehead atoms. The van der Waals surface area contributed by atoms with E-state index in [2.05, 4.69) is 20.2 Å². The summed E-state index contributed by atoms with van der Waals surface area (Å²) in [4.78, 5) is 3.93. The summed E-state index contributed by atoms with van der Waals surface area (Å²) >= 11 is 0. The summed E-state index contributed by atoms with van der Waals surface area (Å²) in [7, 11) is 0. The highest BCUT2D eigenvalue weighted by Crippen LogP contribution is 2.14. The second kappa shape index (κ2) is 6.43. The van der Waals surface area contributed by atoms with E-state index < -0.39 is 12.8 Å². The van der Waals surface area contributed by atoms with Crippen molar-refractivity contribution in [2.24, 2.45) is 0 Å². The van der Waals surface area contributed by atoms with Gasteiger partial charge in [-0.25, -0.2) is 0 Å². The average Bonchev–Trinajstić information content (AvgIpc) is 2.68. The van der Waals surface area contributed by atoms with E-state index in [0.717, 1.165) is 6.42 Å². The van der Waals surface area contributed by atoms with E-state index in [1.54, 1.807) is 0 Å². The van der Waals surface area contributed by atoms with Crippen LogP contribution in [0.15, 0.2) is 4.52 Å². The van der Waals surface area contributed by atoms with Crippen LogP contribution in [-0.4, -0.2) is 36.1 Å². The van der Waals surface area contributed by atoms with Crippen molar-refractivity contribution in [3.8, 4) is 0 Å². The Hall–Kier alpha value is -1.31. The average molecular weight is 253 g/mol. The fourth-order valence-electron chi connectivity index (χ4n) is 1.01. The minimum Gasteiger partial charge on any atom is -0.372 e. The predicted molar refractivity (Wildman–Crippen MR) is 53.7 cm³/mol. The van der Waals surface area contributed by atoms with Crippen LogP contribution in [0.1, 0.15) is 19.2 Å². The minimum atomic E-state index is -4.30. The molecule has 0 atom stereocenters. The van der Waals surface area contributed by atoms with Crippen molar-refractivity contribution in [3.05, 3.63) is 5.82 Å². The molecule has 0 aromatic carbocycles. The summed E-state index contributed by atoms with van der Waals surface area (Å²) in [6.45, 7) is 1.33. The van der Waals surface area contributed by atoms with Gasteiger partial charge in [-0.2, -0.15) is 18.2 Å². The van der Waals surface area contributed by atoms with E-state index in [4.69, 9.17) is 4.52 Å². The standard InChI is InChI=1S/C9H14F3N3O2/c1-2-4-13-8-14-7(15-17-8)3-5-16-6-9(10,11)12/h2-6H2,1H3,(H,13,14,15). The smallest absolute Gasteiger partial charge is 0.372 e. The lowest BCUT2D eigenvalue weighted by Crippen LogP contribution is -2.18. The van der Waals surface area contributed by atoms with Crippen molar-refractivity contribution in [1.29, 1.82) is 0 Å². The molecule has 0 saturated carbocycles. The molecule has 0 spiro atoms. The maximum Gasteiger partial charge on any atom is 0.411 e. The minimum absolute atomic E-state index is 0.0910. The summed E-state index contributed by atoms with van der Waals surface area (Å²) < 4.78 is 44.5. The Balaban J connectivity index is 2.21. The Morgan fingerprint density at radius 1 is 1.41 bits per heavy atom. The highest BCUT2D eigenvalue weighted by atomic mass is 19.4.